The summed E-state index contributed by atoms with van der Waals surface area (Å²) >= 11 is 0. The maximum Gasteiger partial charge on any atom is 0.417 e. The fourth-order valence-corrected chi connectivity index (χ4v) is 6.68. The lowest BCUT2D eigenvalue weighted by molar-refractivity contribution is -0.139. The summed E-state index contributed by atoms with van der Waals surface area (Å²) in [6.07, 6.45) is 0.438. The normalized spacial score (nSPS) is 19.9. The Bertz CT molecular complexity index is 1330. The molecular formula is C25H29F3N6O2S. The van der Waals surface area contributed by atoms with Gasteiger partial charge in [0.15, 0.2) is 9.84 Å². The molecule has 0 bridgehead atoms. The number of hydrogen-bond acceptors (Lipinski definition) is 7. The van der Waals surface area contributed by atoms with Crippen LogP contribution in [0.1, 0.15) is 42.7 Å². The summed E-state index contributed by atoms with van der Waals surface area (Å²) in [5, 5.41) is 16.8. The summed E-state index contributed by atoms with van der Waals surface area (Å²) in [6.45, 7) is 4.25. The highest BCUT2D eigenvalue weighted by molar-refractivity contribution is 7.91. The molecule has 0 spiro atoms. The van der Waals surface area contributed by atoms with Gasteiger partial charge in [-0.1, -0.05) is 30.3 Å². The zero-order valence-corrected chi connectivity index (χ0v) is 21.2. The number of H-pyrrole nitrogens is 1. The number of aromatic amines is 1. The van der Waals surface area contributed by atoms with Crippen LogP contribution in [0.5, 0.6) is 0 Å². The molecule has 198 valence electrons. The molecular weight excluding hydrogens is 505 g/mol. The molecule has 2 aliphatic rings. The molecule has 2 aromatic carbocycles. The van der Waals surface area contributed by atoms with Gasteiger partial charge in [-0.15, -0.1) is 10.2 Å². The number of nitrogens with zero attached hydrogens (tertiary/aromatic N) is 4. The molecule has 8 nitrogen and oxygen atoms in total. The highest BCUT2D eigenvalue weighted by Crippen LogP contribution is 2.43. The predicted octanol–water partition coefficient (Wildman–Crippen LogP) is 3.89. The molecule has 0 amide bonds. The second-order valence-electron chi connectivity index (χ2n) is 9.86. The third kappa shape index (κ3) is 5.55. The Morgan fingerprint density at radius 2 is 1.78 bits per heavy atom. The maximum absolute atomic E-state index is 13.8. The van der Waals surface area contributed by atoms with Crippen molar-refractivity contribution in [3.63, 3.8) is 0 Å². The molecule has 12 heteroatoms. The lowest BCUT2D eigenvalue weighted by atomic mass is 9.87. The largest absolute Gasteiger partial charge is 0.417 e. The number of benzene rings is 2. The topological polar surface area (TPSA) is 104 Å². The van der Waals surface area contributed by atoms with E-state index in [0.717, 1.165) is 51.3 Å². The van der Waals surface area contributed by atoms with E-state index in [-0.39, 0.29) is 11.4 Å². The lowest BCUT2D eigenvalue weighted by Gasteiger charge is -2.33. The van der Waals surface area contributed by atoms with Crippen molar-refractivity contribution in [1.29, 1.82) is 0 Å². The van der Waals surface area contributed by atoms with Crippen molar-refractivity contribution >= 4 is 9.84 Å². The van der Waals surface area contributed by atoms with Gasteiger partial charge in [-0.05, 0) is 79.2 Å². The number of hydrogen-bond donors (Lipinski definition) is 2. The third-order valence-electron chi connectivity index (χ3n) is 7.32. The van der Waals surface area contributed by atoms with Crippen molar-refractivity contribution in [2.75, 3.05) is 32.4 Å². The van der Waals surface area contributed by atoms with Gasteiger partial charge in [0, 0.05) is 18.8 Å². The van der Waals surface area contributed by atoms with Crippen molar-refractivity contribution in [3.05, 3.63) is 47.5 Å². The molecule has 0 radical (unpaired) electrons. The van der Waals surface area contributed by atoms with Gasteiger partial charge >= 0.3 is 6.18 Å². The number of alkyl halides is 3. The summed E-state index contributed by atoms with van der Waals surface area (Å²) in [5.41, 5.74) is 0.563. The van der Waals surface area contributed by atoms with E-state index in [1.54, 1.807) is 0 Å². The SMILES string of the molecule is CS(=O)(=O)c1c(C(F)(F)F)ccc(-c2ccc(C3CCN(C[C@@H]4CCCN4)CC3)cc2)c1-c1nn[nH]n1. The van der Waals surface area contributed by atoms with Crippen molar-refractivity contribution < 1.29 is 21.6 Å². The molecule has 0 aliphatic carbocycles. The summed E-state index contributed by atoms with van der Waals surface area (Å²) in [5.74, 6) is 0.187. The zero-order chi connectivity index (χ0) is 26.2. The summed E-state index contributed by atoms with van der Waals surface area (Å²) in [7, 11) is -4.29. The number of sulfone groups is 1. The Labute approximate surface area is 213 Å². The number of rotatable bonds is 6. The van der Waals surface area contributed by atoms with Gasteiger partial charge in [0.05, 0.1) is 16.0 Å². The van der Waals surface area contributed by atoms with E-state index in [1.807, 2.05) is 24.3 Å². The van der Waals surface area contributed by atoms with Gasteiger partial charge < -0.3 is 10.2 Å². The molecule has 2 saturated heterocycles. The number of aromatic nitrogens is 4. The molecule has 1 atom stereocenters. The van der Waals surface area contributed by atoms with Gasteiger partial charge in [-0.25, -0.2) is 8.42 Å². The molecule has 2 N–H and O–H groups in total. The Morgan fingerprint density at radius 1 is 1.05 bits per heavy atom. The minimum atomic E-state index is -4.87. The fourth-order valence-electron chi connectivity index (χ4n) is 5.53. The smallest absolute Gasteiger partial charge is 0.313 e. The second-order valence-corrected chi connectivity index (χ2v) is 11.8. The van der Waals surface area contributed by atoms with E-state index in [2.05, 4.69) is 30.8 Å². The molecule has 0 saturated carbocycles. The van der Waals surface area contributed by atoms with Crippen LogP contribution in [0, 0.1) is 0 Å². The van der Waals surface area contributed by atoms with Crippen LogP contribution in [0.2, 0.25) is 0 Å². The Balaban J connectivity index is 1.44. The van der Waals surface area contributed by atoms with E-state index in [1.165, 1.54) is 24.5 Å². The molecule has 5 rings (SSSR count). The van der Waals surface area contributed by atoms with E-state index in [4.69, 9.17) is 0 Å². The first kappa shape index (κ1) is 25.8. The van der Waals surface area contributed by atoms with Gasteiger partial charge in [0.2, 0.25) is 5.82 Å². The van der Waals surface area contributed by atoms with Crippen molar-refractivity contribution in [1.82, 2.24) is 30.8 Å². The van der Waals surface area contributed by atoms with Crippen LogP contribution >= 0.6 is 0 Å². The van der Waals surface area contributed by atoms with Gasteiger partial charge in [-0.3, -0.25) is 0 Å². The van der Waals surface area contributed by atoms with Crippen molar-refractivity contribution in [2.45, 2.75) is 48.7 Å². The molecule has 1 aromatic heterocycles. The number of tetrazole rings is 1. The predicted molar refractivity (Wildman–Crippen MR) is 133 cm³/mol. The van der Waals surface area contributed by atoms with Gasteiger partial charge in [-0.2, -0.15) is 18.4 Å². The highest BCUT2D eigenvalue weighted by Gasteiger charge is 2.39. The molecule has 2 aliphatic heterocycles. The molecule has 3 heterocycles. The Kier molecular flexibility index (Phi) is 7.08. The van der Waals surface area contributed by atoms with Crippen molar-refractivity contribution in [3.8, 4) is 22.5 Å². The molecule has 3 aromatic rings. The van der Waals surface area contributed by atoms with E-state index >= 15 is 0 Å². The van der Waals surface area contributed by atoms with Gasteiger partial charge in [0.1, 0.15) is 0 Å². The van der Waals surface area contributed by atoms with Crippen LogP contribution in [-0.2, 0) is 16.0 Å². The Morgan fingerprint density at radius 3 is 2.35 bits per heavy atom. The average molecular weight is 535 g/mol. The first-order valence-corrected chi connectivity index (χ1v) is 14.2. The van der Waals surface area contributed by atoms with Crippen LogP contribution in [0.15, 0.2) is 41.3 Å². The standard InChI is InChI=1S/C25H29F3N6O2S/c1-37(35,36)23-21(25(26,27)28)9-8-20(22(23)24-30-32-33-31-24)18-6-4-16(5-7-18)17-10-13-34(14-11-17)15-19-3-2-12-29-19/h4-9,17,19,29H,2-3,10-15H2,1H3,(H,30,31,32,33)/t19-/m0/s1. The van der Waals surface area contributed by atoms with Crippen LogP contribution in [-0.4, -0.2) is 72.4 Å². The van der Waals surface area contributed by atoms with Crippen molar-refractivity contribution in [2.24, 2.45) is 0 Å². The number of nitrogens with one attached hydrogen (secondary N) is 2. The maximum atomic E-state index is 13.8. The zero-order valence-electron chi connectivity index (χ0n) is 20.4. The highest BCUT2D eigenvalue weighted by atomic mass is 32.2. The number of likely N-dealkylation sites (tertiary alicyclic amines) is 1. The van der Waals surface area contributed by atoms with Crippen LogP contribution in [0.4, 0.5) is 13.2 Å². The fraction of sp³-hybridized carbons (Fsp3) is 0.480. The molecule has 2 fully saturated rings. The summed E-state index contributed by atoms with van der Waals surface area (Å²) < 4.78 is 66.6. The third-order valence-corrected chi connectivity index (χ3v) is 8.49. The number of piperidine rings is 1. The minimum Gasteiger partial charge on any atom is -0.313 e. The molecule has 0 unspecified atom stereocenters. The second kappa shape index (κ2) is 10.1. The lowest BCUT2D eigenvalue weighted by Crippen LogP contribution is -2.41. The molecule has 37 heavy (non-hydrogen) atoms. The van der Waals surface area contributed by atoms with E-state index in [9.17, 15) is 21.6 Å². The first-order chi connectivity index (χ1) is 17.6. The van der Waals surface area contributed by atoms with Gasteiger partial charge in [0.25, 0.3) is 0 Å². The minimum absolute atomic E-state index is 0.213. The summed E-state index contributed by atoms with van der Waals surface area (Å²) in [6, 6.07) is 10.3. The Hall–Kier alpha value is -2.83. The van der Waals surface area contributed by atoms with E-state index < -0.39 is 26.5 Å². The van der Waals surface area contributed by atoms with Crippen LogP contribution < -0.4 is 5.32 Å². The van der Waals surface area contributed by atoms with E-state index in [0.29, 0.717) is 23.1 Å². The average Bonchev–Trinajstić information content (AvgIpc) is 3.57. The quantitative estimate of drug-likeness (QED) is 0.495. The summed E-state index contributed by atoms with van der Waals surface area (Å²) in [4.78, 5) is 1.66. The van der Waals surface area contributed by atoms with Crippen LogP contribution in [0.25, 0.3) is 22.5 Å². The first-order valence-electron chi connectivity index (χ1n) is 12.4. The monoisotopic (exact) mass is 534 g/mol. The number of halogens is 3. The van der Waals surface area contributed by atoms with Crippen LogP contribution in [0.3, 0.4) is 0 Å².